The largest absolute Gasteiger partial charge is 0.246 e. The second-order valence-electron chi connectivity index (χ2n) is 0.563. The molecule has 1 rings (SSSR count). The summed E-state index contributed by atoms with van der Waals surface area (Å²) in [6, 6.07) is 0. The van der Waals surface area contributed by atoms with Crippen molar-refractivity contribution in [2.24, 2.45) is 4.48 Å². The van der Waals surface area contributed by atoms with E-state index in [0.717, 1.165) is 18.5 Å². The van der Waals surface area contributed by atoms with Crippen LogP contribution < -0.4 is 4.48 Å². The molecule has 0 saturated heterocycles. The molecule has 1 heterocycles. The number of H-pyrrole nitrogens is 1. The van der Waals surface area contributed by atoms with Crippen LogP contribution in [0.25, 0.3) is 0 Å². The molecule has 0 aromatic carbocycles. The van der Waals surface area contributed by atoms with E-state index in [4.69, 9.17) is 0 Å². The Balaban J connectivity index is 0.000000162. The molecule has 35 valence electrons. The smallest absolute Gasteiger partial charge is 0.135 e. The van der Waals surface area contributed by atoms with Crippen molar-refractivity contribution in [2.45, 2.75) is 0 Å². The minimum atomic E-state index is 0.875. The van der Waals surface area contributed by atoms with Crippen LogP contribution in [0.15, 0.2) is 6.33 Å². The molecule has 0 amide bonds. The minimum Gasteiger partial charge on any atom is -0.246 e. The summed E-state index contributed by atoms with van der Waals surface area (Å²) in [7, 11) is 0. The third kappa shape index (κ3) is 3.48. The normalized spacial score (nSPS) is 6.71. The van der Waals surface area contributed by atoms with Gasteiger partial charge in [-0.2, -0.15) is 0 Å². The predicted molar refractivity (Wildman–Crippen MR) is 18.4 cm³/mol. The van der Waals surface area contributed by atoms with Crippen LogP contribution >= 0.6 is 0 Å². The molecule has 3 N–H and O–H groups in total. The van der Waals surface area contributed by atoms with Crippen LogP contribution in [0, 0.1) is 0 Å². The third-order valence-electron chi connectivity index (χ3n) is 0.270. The molecule has 0 unspecified atom stereocenters. The number of nitrogens with zero attached hydrogens (tertiary/aromatic N) is 3. The van der Waals surface area contributed by atoms with Crippen molar-refractivity contribution >= 4 is 0 Å². The molecule has 0 fully saturated rings. The number of nitrogens with two attached hydrogens (primary N) is 1. The van der Waals surface area contributed by atoms with Crippen LogP contribution in [0.4, 0.5) is 0 Å². The molecule has 1 aromatic rings. The van der Waals surface area contributed by atoms with Crippen LogP contribution in [-0.2, 0) is 18.5 Å². The average Bonchev–Trinajstić information content (AvgIpc) is 2.23. The van der Waals surface area contributed by atoms with Crippen molar-refractivity contribution in [1.29, 1.82) is 0 Å². The summed E-state index contributed by atoms with van der Waals surface area (Å²) in [5.74, 6) is 0. The van der Waals surface area contributed by atoms with Gasteiger partial charge < -0.3 is 0 Å². The van der Waals surface area contributed by atoms with Gasteiger partial charge in [-0.3, -0.25) is 0 Å². The van der Waals surface area contributed by atoms with E-state index < -0.39 is 0 Å². The van der Waals surface area contributed by atoms with Crippen LogP contribution in [0.3, 0.4) is 0 Å². The minimum absolute atomic E-state index is 0.875. The molecule has 0 bridgehead atoms. The van der Waals surface area contributed by atoms with Gasteiger partial charge in [-0.05, 0) is 10.4 Å². The second-order valence-corrected chi connectivity index (χ2v) is 0.563. The second kappa shape index (κ2) is 5.65. The predicted octanol–water partition coefficient (Wildman–Crippen LogP) is -1.39. The first-order valence-electron chi connectivity index (χ1n) is 1.58. The third-order valence-corrected chi connectivity index (χ3v) is 0.270. The maximum atomic E-state index is 4.62. The first kappa shape index (κ1) is 6.65. The Morgan fingerprint density at radius 2 is 2.29 bits per heavy atom. The van der Waals surface area contributed by atoms with Gasteiger partial charge in [0.25, 0.3) is 0 Å². The summed E-state index contributed by atoms with van der Waals surface area (Å²) in [6.45, 7) is 0. The van der Waals surface area contributed by atoms with Gasteiger partial charge in [-0.15, -0.1) is 5.10 Å². The van der Waals surface area contributed by atoms with E-state index in [9.17, 15) is 0 Å². The molecule has 0 radical (unpaired) electrons. The van der Waals surface area contributed by atoms with Crippen molar-refractivity contribution in [3.63, 3.8) is 0 Å². The Morgan fingerprint density at radius 1 is 1.57 bits per heavy atom. The van der Waals surface area contributed by atoms with Crippen LogP contribution in [0.5, 0.6) is 0 Å². The quantitative estimate of drug-likeness (QED) is 0.447. The Hall–Kier alpha value is -0.347. The molecular weight excluding hydrogens is 147 g/mol. The van der Waals surface area contributed by atoms with E-state index in [1.165, 1.54) is 6.33 Å². The van der Waals surface area contributed by atoms with Gasteiger partial charge in [0.05, 0.1) is 0 Å². The summed E-state index contributed by atoms with van der Waals surface area (Å²) in [5, 5.41) is 12.1. The monoisotopic (exact) mass is 150 g/mol. The fourth-order valence-corrected chi connectivity index (χ4v) is 0.129. The SMILES string of the molecule is [NH2][Zn].c1nnn[nH]1. The number of nitrogens with one attached hydrogen (secondary N) is 1. The first-order chi connectivity index (χ1) is 3.50. The molecule has 0 aliphatic carbocycles. The number of hydrogen-bond donors (Lipinski definition) is 2. The van der Waals surface area contributed by atoms with E-state index in [1.807, 2.05) is 0 Å². The number of rotatable bonds is 0. The topological polar surface area (TPSA) is 80.5 Å². The van der Waals surface area contributed by atoms with Crippen molar-refractivity contribution < 1.29 is 18.5 Å². The number of aromatic amines is 1. The first-order valence-corrected chi connectivity index (χ1v) is 3.29. The molecule has 0 spiro atoms. The van der Waals surface area contributed by atoms with Gasteiger partial charge in [0.1, 0.15) is 6.33 Å². The van der Waals surface area contributed by atoms with Gasteiger partial charge in [0.15, 0.2) is 0 Å². The van der Waals surface area contributed by atoms with E-state index in [0.29, 0.717) is 0 Å². The fourth-order valence-electron chi connectivity index (χ4n) is 0.129. The molecule has 0 aliphatic rings. The molecule has 0 aliphatic heterocycles. The van der Waals surface area contributed by atoms with Crippen molar-refractivity contribution in [1.82, 2.24) is 20.6 Å². The van der Waals surface area contributed by atoms with Gasteiger partial charge >= 0.3 is 23.0 Å². The maximum absolute atomic E-state index is 4.62. The van der Waals surface area contributed by atoms with Crippen molar-refractivity contribution in [2.75, 3.05) is 0 Å². The van der Waals surface area contributed by atoms with E-state index >= 15 is 0 Å². The van der Waals surface area contributed by atoms with Crippen molar-refractivity contribution in [3.05, 3.63) is 6.33 Å². The molecule has 0 atom stereocenters. The van der Waals surface area contributed by atoms with Crippen LogP contribution in [-0.4, -0.2) is 20.6 Å². The number of aromatic nitrogens is 4. The number of hydrogen-bond acceptors (Lipinski definition) is 4. The van der Waals surface area contributed by atoms with Crippen molar-refractivity contribution in [3.8, 4) is 0 Å². The van der Waals surface area contributed by atoms with Gasteiger partial charge in [-0.25, -0.2) is 5.10 Å². The zero-order valence-corrected chi connectivity index (χ0v) is 6.67. The average molecular weight is 151 g/mol. The van der Waals surface area contributed by atoms with Crippen LogP contribution in [0.1, 0.15) is 0 Å². The Morgan fingerprint density at radius 3 is 2.43 bits per heavy atom. The zero-order chi connectivity index (χ0) is 5.54. The zero-order valence-electron chi connectivity index (χ0n) is 3.70. The Labute approximate surface area is 50.6 Å². The number of tetrazole rings is 1. The van der Waals surface area contributed by atoms with E-state index in [1.54, 1.807) is 0 Å². The molecule has 1 aromatic heterocycles. The molecule has 7 heavy (non-hydrogen) atoms. The maximum Gasteiger partial charge on any atom is 0.135 e. The summed E-state index contributed by atoms with van der Waals surface area (Å²) in [5.41, 5.74) is 0. The Bertz CT molecular complexity index is 64.6. The Kier molecular flexibility index (Phi) is 5.37. The summed E-state index contributed by atoms with van der Waals surface area (Å²) in [4.78, 5) is 0. The molecule has 5 nitrogen and oxygen atoms in total. The van der Waals surface area contributed by atoms with E-state index in [2.05, 4.69) is 25.1 Å². The molecule has 0 saturated carbocycles. The molecular formula is CH4N5Zn. The van der Waals surface area contributed by atoms with Gasteiger partial charge in [-0.1, -0.05) is 0 Å². The van der Waals surface area contributed by atoms with Crippen LogP contribution in [0.2, 0.25) is 0 Å². The fraction of sp³-hybridized carbons (Fsp3) is 0. The van der Waals surface area contributed by atoms with Gasteiger partial charge in [0, 0.05) is 0 Å². The summed E-state index contributed by atoms with van der Waals surface area (Å²) >= 11 is 0.875. The summed E-state index contributed by atoms with van der Waals surface area (Å²) in [6.07, 6.45) is 1.40. The summed E-state index contributed by atoms with van der Waals surface area (Å²) < 4.78 is 4.62. The van der Waals surface area contributed by atoms with E-state index in [-0.39, 0.29) is 0 Å². The standard InChI is InChI=1S/CH2N4.H2N.Zn/c1-2-4-5-3-1;;/h1H,(H,2,3,4,5);1H2;/q;-1;+1. The molecule has 6 heteroatoms. The van der Waals surface area contributed by atoms with Gasteiger partial charge in [0.2, 0.25) is 0 Å².